The zero-order valence-corrected chi connectivity index (χ0v) is 18.1. The Kier molecular flexibility index (Phi) is 6.44. The Balaban J connectivity index is 1.61. The van der Waals surface area contributed by atoms with Crippen LogP contribution in [0.5, 0.6) is 0 Å². The van der Waals surface area contributed by atoms with Crippen molar-refractivity contribution in [2.75, 3.05) is 11.9 Å². The molecule has 0 N–H and O–H groups in total. The van der Waals surface area contributed by atoms with Crippen molar-refractivity contribution in [3.8, 4) is 0 Å². The van der Waals surface area contributed by atoms with Crippen LogP contribution in [-0.4, -0.2) is 7.05 Å². The molecule has 0 heterocycles. The van der Waals surface area contributed by atoms with Crippen LogP contribution in [0.4, 0.5) is 5.69 Å². The average Bonchev–Trinajstić information content (AvgIpc) is 2.84. The molecule has 0 aliphatic rings. The Morgan fingerprint density at radius 1 is 0.581 bits per heavy atom. The van der Waals surface area contributed by atoms with E-state index in [-0.39, 0.29) is 0 Å². The van der Waals surface area contributed by atoms with E-state index in [0.29, 0.717) is 0 Å². The number of hydrogen-bond acceptors (Lipinski definition) is 1. The highest BCUT2D eigenvalue weighted by atomic mass is 15.1. The Bertz CT molecular complexity index is 1110. The van der Waals surface area contributed by atoms with E-state index in [4.69, 9.17) is 0 Å². The molecule has 0 radical (unpaired) electrons. The predicted octanol–water partition coefficient (Wildman–Crippen LogP) is 7.77. The molecule has 0 spiro atoms. The van der Waals surface area contributed by atoms with Gasteiger partial charge < -0.3 is 4.90 Å². The van der Waals surface area contributed by atoms with E-state index >= 15 is 0 Å². The summed E-state index contributed by atoms with van der Waals surface area (Å²) in [4.78, 5) is 2.17. The van der Waals surface area contributed by atoms with Crippen molar-refractivity contribution in [2.24, 2.45) is 0 Å². The molecule has 0 bridgehead atoms. The van der Waals surface area contributed by atoms with Crippen molar-refractivity contribution >= 4 is 22.9 Å². The van der Waals surface area contributed by atoms with Crippen LogP contribution in [0.25, 0.3) is 17.2 Å². The lowest BCUT2D eigenvalue weighted by molar-refractivity contribution is 1.20. The van der Waals surface area contributed by atoms with Crippen molar-refractivity contribution < 1.29 is 0 Å². The van der Waals surface area contributed by atoms with Gasteiger partial charge in [0.15, 0.2) is 0 Å². The summed E-state index contributed by atoms with van der Waals surface area (Å²) in [6.45, 7) is 2.15. The summed E-state index contributed by atoms with van der Waals surface area (Å²) in [5, 5.41) is 0. The molecule has 0 aliphatic heterocycles. The van der Waals surface area contributed by atoms with Gasteiger partial charge >= 0.3 is 0 Å². The SMILES string of the molecule is C/C(=C\N(C)c1ccc(C=C(c2ccccc2)c2ccccc2)cc1)c1ccccc1. The Morgan fingerprint density at radius 3 is 1.52 bits per heavy atom. The Labute approximate surface area is 185 Å². The van der Waals surface area contributed by atoms with Crippen LogP contribution < -0.4 is 4.90 Å². The summed E-state index contributed by atoms with van der Waals surface area (Å²) in [6.07, 6.45) is 4.44. The normalized spacial score (nSPS) is 11.1. The first-order chi connectivity index (χ1) is 15.2. The quantitative estimate of drug-likeness (QED) is 0.298. The molecule has 152 valence electrons. The zero-order chi connectivity index (χ0) is 21.5. The highest BCUT2D eigenvalue weighted by Gasteiger charge is 2.06. The van der Waals surface area contributed by atoms with Gasteiger partial charge in [-0.2, -0.15) is 0 Å². The lowest BCUT2D eigenvalue weighted by Gasteiger charge is -2.16. The number of hydrogen-bond donors (Lipinski definition) is 0. The maximum atomic E-state index is 2.26. The molecule has 0 amide bonds. The van der Waals surface area contributed by atoms with E-state index in [1.54, 1.807) is 0 Å². The smallest absolute Gasteiger partial charge is 0.0403 e. The van der Waals surface area contributed by atoms with Gasteiger partial charge in [-0.3, -0.25) is 0 Å². The number of rotatable bonds is 6. The Morgan fingerprint density at radius 2 is 1.03 bits per heavy atom. The van der Waals surface area contributed by atoms with Gasteiger partial charge in [-0.25, -0.2) is 0 Å². The highest BCUT2D eigenvalue weighted by Crippen LogP contribution is 2.27. The first-order valence-electron chi connectivity index (χ1n) is 10.6. The molecule has 0 atom stereocenters. The van der Waals surface area contributed by atoms with E-state index in [1.807, 2.05) is 6.07 Å². The number of nitrogens with zero attached hydrogens (tertiary/aromatic N) is 1. The summed E-state index contributed by atoms with van der Waals surface area (Å²) in [7, 11) is 2.09. The van der Waals surface area contributed by atoms with Crippen molar-refractivity contribution in [2.45, 2.75) is 6.92 Å². The third-order valence-electron chi connectivity index (χ3n) is 5.40. The molecule has 1 heteroatoms. The molecular formula is C30H27N. The van der Waals surface area contributed by atoms with E-state index in [0.717, 1.165) is 5.69 Å². The van der Waals surface area contributed by atoms with Gasteiger partial charge in [-0.1, -0.05) is 103 Å². The standard InChI is InChI=1S/C30H27N/c1-24(26-12-6-3-7-13-26)23-31(2)29-20-18-25(19-21-29)22-30(27-14-8-4-9-15-27)28-16-10-5-11-17-28/h3-23H,1-2H3/b24-23+. The van der Waals surface area contributed by atoms with E-state index in [2.05, 4.69) is 140 Å². The molecule has 0 fully saturated rings. The first kappa shape index (κ1) is 20.4. The molecule has 4 aromatic rings. The van der Waals surface area contributed by atoms with Gasteiger partial charge in [0.25, 0.3) is 0 Å². The minimum atomic E-state index is 1.16. The number of anilines is 1. The van der Waals surface area contributed by atoms with Crippen LogP contribution in [0.1, 0.15) is 29.2 Å². The van der Waals surface area contributed by atoms with E-state index < -0.39 is 0 Å². The van der Waals surface area contributed by atoms with Crippen LogP contribution in [0.2, 0.25) is 0 Å². The molecule has 0 aliphatic carbocycles. The molecule has 31 heavy (non-hydrogen) atoms. The third kappa shape index (κ3) is 5.21. The largest absolute Gasteiger partial charge is 0.351 e. The zero-order valence-electron chi connectivity index (χ0n) is 18.1. The van der Waals surface area contributed by atoms with Gasteiger partial charge in [-0.15, -0.1) is 0 Å². The van der Waals surface area contributed by atoms with Crippen LogP contribution in [0.3, 0.4) is 0 Å². The fourth-order valence-electron chi connectivity index (χ4n) is 3.68. The van der Waals surface area contributed by atoms with Gasteiger partial charge in [0.1, 0.15) is 0 Å². The molecule has 0 saturated carbocycles. The summed E-state index contributed by atoms with van der Waals surface area (Å²) in [5.41, 5.74) is 8.48. The second-order valence-corrected chi connectivity index (χ2v) is 7.67. The molecule has 0 aromatic heterocycles. The summed E-state index contributed by atoms with van der Waals surface area (Å²) < 4.78 is 0. The average molecular weight is 402 g/mol. The van der Waals surface area contributed by atoms with Gasteiger partial charge in [-0.05, 0) is 58.5 Å². The fraction of sp³-hybridized carbons (Fsp3) is 0.0667. The fourth-order valence-corrected chi connectivity index (χ4v) is 3.68. The summed E-state index contributed by atoms with van der Waals surface area (Å²) in [6, 6.07) is 40.3. The lowest BCUT2D eigenvalue weighted by Crippen LogP contribution is -2.08. The van der Waals surface area contributed by atoms with Crippen LogP contribution in [0.15, 0.2) is 121 Å². The molecule has 4 aromatic carbocycles. The Hall–Kier alpha value is -3.84. The minimum absolute atomic E-state index is 1.16. The summed E-state index contributed by atoms with van der Waals surface area (Å²) >= 11 is 0. The molecule has 4 rings (SSSR count). The monoisotopic (exact) mass is 401 g/mol. The predicted molar refractivity (Wildman–Crippen MR) is 135 cm³/mol. The lowest BCUT2D eigenvalue weighted by atomic mass is 9.96. The van der Waals surface area contributed by atoms with Crippen LogP contribution in [-0.2, 0) is 0 Å². The van der Waals surface area contributed by atoms with Crippen LogP contribution >= 0.6 is 0 Å². The molecule has 1 nitrogen and oxygen atoms in total. The minimum Gasteiger partial charge on any atom is -0.351 e. The van der Waals surface area contributed by atoms with E-state index in [1.165, 1.54) is 33.4 Å². The number of benzene rings is 4. The second kappa shape index (κ2) is 9.77. The highest BCUT2D eigenvalue weighted by molar-refractivity contribution is 5.91. The first-order valence-corrected chi connectivity index (χ1v) is 10.6. The van der Waals surface area contributed by atoms with Crippen molar-refractivity contribution in [1.29, 1.82) is 0 Å². The maximum absolute atomic E-state index is 2.26. The molecule has 0 unspecified atom stereocenters. The van der Waals surface area contributed by atoms with Gasteiger partial charge in [0, 0.05) is 18.9 Å². The van der Waals surface area contributed by atoms with Crippen LogP contribution in [0, 0.1) is 0 Å². The molecular weight excluding hydrogens is 374 g/mol. The van der Waals surface area contributed by atoms with Crippen molar-refractivity contribution in [3.05, 3.63) is 144 Å². The van der Waals surface area contributed by atoms with E-state index in [9.17, 15) is 0 Å². The van der Waals surface area contributed by atoms with Crippen molar-refractivity contribution in [1.82, 2.24) is 0 Å². The third-order valence-corrected chi connectivity index (χ3v) is 5.40. The second-order valence-electron chi connectivity index (χ2n) is 7.67. The van der Waals surface area contributed by atoms with Gasteiger partial charge in [0.2, 0.25) is 0 Å². The van der Waals surface area contributed by atoms with Crippen molar-refractivity contribution in [3.63, 3.8) is 0 Å². The summed E-state index contributed by atoms with van der Waals surface area (Å²) in [5.74, 6) is 0. The number of allylic oxidation sites excluding steroid dienone is 1. The topological polar surface area (TPSA) is 3.24 Å². The maximum Gasteiger partial charge on any atom is 0.0403 e. The van der Waals surface area contributed by atoms with Gasteiger partial charge in [0.05, 0.1) is 0 Å². The molecule has 0 saturated heterocycles.